The third-order valence-corrected chi connectivity index (χ3v) is 8.95. The molecule has 0 saturated carbocycles. The highest BCUT2D eigenvalue weighted by Gasteiger charge is 2.41. The van der Waals surface area contributed by atoms with E-state index in [9.17, 15) is 49.5 Å². The van der Waals surface area contributed by atoms with E-state index < -0.39 is 60.3 Å². The van der Waals surface area contributed by atoms with Crippen molar-refractivity contribution < 1.29 is 68.5 Å². The average molecular weight is 802 g/mol. The van der Waals surface area contributed by atoms with E-state index >= 15 is 0 Å². The van der Waals surface area contributed by atoms with Crippen LogP contribution in [-0.2, 0) is 57.9 Å². The van der Waals surface area contributed by atoms with Gasteiger partial charge in [0.1, 0.15) is 17.9 Å². The van der Waals surface area contributed by atoms with Gasteiger partial charge >= 0.3 is 11.9 Å². The van der Waals surface area contributed by atoms with Crippen LogP contribution in [-0.4, -0.2) is 130 Å². The number of rotatable bonds is 24. The summed E-state index contributed by atoms with van der Waals surface area (Å²) in [4.78, 5) is 61.2. The Bertz CT molecular complexity index is 1820. The molecule has 0 bridgehead atoms. The lowest BCUT2D eigenvalue weighted by atomic mass is 10.0. The number of para-hydroxylation sites is 1. The van der Waals surface area contributed by atoms with Crippen molar-refractivity contribution in [3.63, 3.8) is 0 Å². The molecule has 3 amide bonds. The summed E-state index contributed by atoms with van der Waals surface area (Å²) in [6.45, 7) is 1.03. The van der Waals surface area contributed by atoms with Gasteiger partial charge in [-0.1, -0.05) is 24.3 Å². The van der Waals surface area contributed by atoms with E-state index in [1.165, 1.54) is 18.2 Å². The lowest BCUT2D eigenvalue weighted by Gasteiger charge is -2.35. The molecule has 0 spiro atoms. The fourth-order valence-corrected chi connectivity index (χ4v) is 6.04. The van der Waals surface area contributed by atoms with E-state index in [1.807, 2.05) is 41.9 Å². The fraction of sp³-hybridized carbons (Fsp3) is 0.500. The third kappa shape index (κ3) is 13.8. The van der Waals surface area contributed by atoms with Crippen LogP contribution in [0.4, 0.5) is 5.69 Å². The van der Waals surface area contributed by atoms with E-state index in [2.05, 4.69) is 21.3 Å². The van der Waals surface area contributed by atoms with Crippen molar-refractivity contribution in [2.24, 2.45) is 0 Å². The standard InChI is InChI=1S/C38H51N5O14/c1-39-21-25-19-24-4-2-3-5-28(24)43(25)13-10-32(46)41-26(7-9-34(48)49)36(51)40-12-15-55-17-16-54-14-11-33(47)42-27-18-23(22-44)6-8-30(27)56-38-35(50)29(45)20-31(57-38)37(52)53/h2-6,8,18-19,26,29,31,35,38-39,44-45,50H,7,9-17,20-22H2,1H3,(H,40,51)(H,41,46)(H,42,47)(H,48,49)(H,52,53)/t26-,29+,31+,35-,38?/m1/s1. The molecule has 3 aromatic rings. The zero-order valence-electron chi connectivity index (χ0n) is 31.6. The average Bonchev–Trinajstić information content (AvgIpc) is 3.53. The predicted octanol–water partition coefficient (Wildman–Crippen LogP) is 0.0711. The quantitative estimate of drug-likeness (QED) is 0.0543. The summed E-state index contributed by atoms with van der Waals surface area (Å²) >= 11 is 0. The summed E-state index contributed by atoms with van der Waals surface area (Å²) in [6, 6.07) is 13.1. The Balaban J connectivity index is 1.15. The Morgan fingerprint density at radius 1 is 0.930 bits per heavy atom. The number of aliphatic carboxylic acids is 2. The highest BCUT2D eigenvalue weighted by atomic mass is 16.7. The van der Waals surface area contributed by atoms with Crippen molar-refractivity contribution >= 4 is 46.3 Å². The van der Waals surface area contributed by atoms with Crippen molar-refractivity contribution in [3.8, 4) is 5.75 Å². The van der Waals surface area contributed by atoms with Gasteiger partial charge in [-0.05, 0) is 48.7 Å². The topological polar surface area (TPSA) is 276 Å². The number of nitrogens with zero attached hydrogens (tertiary/aromatic N) is 1. The van der Waals surface area contributed by atoms with Gasteiger partial charge in [0, 0.05) is 50.1 Å². The van der Waals surface area contributed by atoms with Gasteiger partial charge in [0.25, 0.3) is 0 Å². The molecule has 19 heteroatoms. The van der Waals surface area contributed by atoms with Gasteiger partial charge in [-0.3, -0.25) is 19.2 Å². The number of aryl methyl sites for hydroxylation is 1. The number of nitrogens with one attached hydrogen (secondary N) is 4. The van der Waals surface area contributed by atoms with E-state index in [1.54, 1.807) is 0 Å². The van der Waals surface area contributed by atoms with Crippen molar-refractivity contribution in [1.82, 2.24) is 20.5 Å². The number of aliphatic hydroxyl groups is 3. The minimum absolute atomic E-state index is 0.000339. The first kappa shape index (κ1) is 44.6. The number of aliphatic hydroxyl groups excluding tert-OH is 3. The van der Waals surface area contributed by atoms with Crippen LogP contribution < -0.4 is 26.0 Å². The van der Waals surface area contributed by atoms with E-state index in [-0.39, 0.29) is 83.1 Å². The Hall–Kier alpha value is -5.15. The number of hydrogen-bond donors (Lipinski definition) is 9. The predicted molar refractivity (Wildman–Crippen MR) is 202 cm³/mol. The van der Waals surface area contributed by atoms with Gasteiger partial charge in [0.15, 0.2) is 6.10 Å². The van der Waals surface area contributed by atoms with Crippen LogP contribution in [0.3, 0.4) is 0 Å². The third-order valence-electron chi connectivity index (χ3n) is 8.95. The largest absolute Gasteiger partial charge is 0.481 e. The first-order valence-electron chi connectivity index (χ1n) is 18.5. The van der Waals surface area contributed by atoms with Gasteiger partial charge in [0.05, 0.1) is 51.2 Å². The van der Waals surface area contributed by atoms with Gasteiger partial charge in [-0.25, -0.2) is 4.79 Å². The number of carboxylic acid groups (broad SMARTS) is 2. The van der Waals surface area contributed by atoms with Crippen LogP contribution >= 0.6 is 0 Å². The molecule has 2 aromatic carbocycles. The number of carbonyl (C=O) groups is 5. The van der Waals surface area contributed by atoms with Crippen LogP contribution in [0.25, 0.3) is 10.9 Å². The van der Waals surface area contributed by atoms with Crippen LogP contribution in [0.5, 0.6) is 5.75 Å². The SMILES string of the molecule is CNCc1cc2ccccc2n1CCC(=O)N[C@H](CCC(=O)O)C(=O)NCCOCCOCCC(=O)Nc1cc(CO)ccc1OC1O[C@H](C(=O)O)C[C@H](O)[C@H]1O. The Labute approximate surface area is 328 Å². The number of amides is 3. The Kier molecular flexibility index (Phi) is 17.6. The summed E-state index contributed by atoms with van der Waals surface area (Å²) < 4.78 is 23.9. The van der Waals surface area contributed by atoms with Crippen LogP contribution in [0.15, 0.2) is 48.5 Å². The highest BCUT2D eigenvalue weighted by Crippen LogP contribution is 2.31. The lowest BCUT2D eigenvalue weighted by molar-refractivity contribution is -0.238. The number of carboxylic acids is 2. The number of benzene rings is 2. The normalized spacial score (nSPS) is 18.5. The Morgan fingerprint density at radius 2 is 1.68 bits per heavy atom. The van der Waals surface area contributed by atoms with Crippen molar-refractivity contribution in [2.75, 3.05) is 45.3 Å². The summed E-state index contributed by atoms with van der Waals surface area (Å²) in [7, 11) is 1.83. The molecule has 2 heterocycles. The van der Waals surface area contributed by atoms with Crippen LogP contribution in [0.2, 0.25) is 0 Å². The smallest absolute Gasteiger partial charge is 0.333 e. The zero-order chi connectivity index (χ0) is 41.3. The molecule has 1 aliphatic rings. The monoisotopic (exact) mass is 801 g/mol. The molecular weight excluding hydrogens is 750 g/mol. The molecule has 1 fully saturated rings. The molecule has 1 aromatic heterocycles. The van der Waals surface area contributed by atoms with Crippen molar-refractivity contribution in [3.05, 3.63) is 59.8 Å². The molecule has 1 aliphatic heterocycles. The lowest BCUT2D eigenvalue weighted by Crippen LogP contribution is -2.52. The first-order chi connectivity index (χ1) is 27.4. The maximum atomic E-state index is 12.9. The zero-order valence-corrected chi connectivity index (χ0v) is 31.6. The second kappa shape index (κ2) is 22.6. The molecule has 19 nitrogen and oxygen atoms in total. The molecule has 1 saturated heterocycles. The number of aromatic nitrogens is 1. The van der Waals surface area contributed by atoms with Gasteiger partial charge < -0.3 is 70.3 Å². The molecule has 5 atom stereocenters. The molecule has 1 unspecified atom stereocenters. The summed E-state index contributed by atoms with van der Waals surface area (Å²) in [5, 5.41) is 60.5. The molecular formula is C38H51N5O14. The van der Waals surface area contributed by atoms with Crippen LogP contribution in [0, 0.1) is 0 Å². The van der Waals surface area contributed by atoms with E-state index in [4.69, 9.17) is 18.9 Å². The first-order valence-corrected chi connectivity index (χ1v) is 18.5. The summed E-state index contributed by atoms with van der Waals surface area (Å²) in [5.74, 6) is -3.87. The maximum Gasteiger partial charge on any atom is 0.333 e. The number of anilines is 1. The second-order valence-electron chi connectivity index (χ2n) is 13.2. The second-order valence-corrected chi connectivity index (χ2v) is 13.2. The van der Waals surface area contributed by atoms with Gasteiger partial charge in [-0.2, -0.15) is 0 Å². The van der Waals surface area contributed by atoms with E-state index in [0.717, 1.165) is 16.6 Å². The van der Waals surface area contributed by atoms with Gasteiger partial charge in [0.2, 0.25) is 24.0 Å². The molecule has 4 rings (SSSR count). The molecule has 0 aliphatic carbocycles. The summed E-state index contributed by atoms with van der Waals surface area (Å²) in [5.41, 5.74) is 2.51. The molecule has 312 valence electrons. The van der Waals surface area contributed by atoms with Gasteiger partial charge in [-0.15, -0.1) is 0 Å². The minimum atomic E-state index is -1.56. The number of ether oxygens (including phenoxy) is 4. The molecule has 0 radical (unpaired) electrons. The van der Waals surface area contributed by atoms with E-state index in [0.29, 0.717) is 18.7 Å². The number of carbonyl (C=O) groups excluding carboxylic acids is 3. The highest BCUT2D eigenvalue weighted by molar-refractivity contribution is 5.92. The Morgan fingerprint density at radius 3 is 2.40 bits per heavy atom. The molecule has 57 heavy (non-hydrogen) atoms. The summed E-state index contributed by atoms with van der Waals surface area (Å²) in [6.07, 6.45) is -6.72. The maximum absolute atomic E-state index is 12.9. The number of fused-ring (bicyclic) bond motifs is 1. The molecule has 9 N–H and O–H groups in total. The van der Waals surface area contributed by atoms with Crippen LogP contribution in [0.1, 0.15) is 43.4 Å². The number of hydrogen-bond acceptors (Lipinski definition) is 13. The fourth-order valence-electron chi connectivity index (χ4n) is 6.04. The van der Waals surface area contributed by atoms with Crippen molar-refractivity contribution in [2.45, 2.75) is 82.4 Å². The van der Waals surface area contributed by atoms with Crippen molar-refractivity contribution in [1.29, 1.82) is 0 Å². The minimum Gasteiger partial charge on any atom is -0.481 e.